The van der Waals surface area contributed by atoms with E-state index in [0.717, 1.165) is 11.1 Å². The third kappa shape index (κ3) is 12.5. The molecule has 0 saturated carbocycles. The third-order valence-electron chi connectivity index (χ3n) is 9.34. The van der Waals surface area contributed by atoms with Gasteiger partial charge in [-0.05, 0) is 59.2 Å². The maximum atomic E-state index is 14.3. The number of rotatable bonds is 11. The van der Waals surface area contributed by atoms with E-state index in [1.165, 1.54) is 6.92 Å². The number of carbonyl (C=O) groups is 6. The summed E-state index contributed by atoms with van der Waals surface area (Å²) >= 11 is 0. The van der Waals surface area contributed by atoms with Gasteiger partial charge in [-0.3, -0.25) is 24.0 Å². The number of carboxylic acid groups (broad SMARTS) is 1. The molecule has 5 amide bonds. The van der Waals surface area contributed by atoms with Crippen LogP contribution >= 0.6 is 0 Å². The molecule has 292 valence electrons. The van der Waals surface area contributed by atoms with Crippen LogP contribution in [0.5, 0.6) is 5.75 Å². The van der Waals surface area contributed by atoms with Gasteiger partial charge in [0, 0.05) is 32.7 Å². The molecule has 2 heterocycles. The van der Waals surface area contributed by atoms with Crippen molar-refractivity contribution in [3.8, 4) is 16.9 Å². The van der Waals surface area contributed by atoms with Crippen molar-refractivity contribution in [3.05, 3.63) is 126 Å². The van der Waals surface area contributed by atoms with Gasteiger partial charge in [-0.25, -0.2) is 4.79 Å². The molecule has 4 aromatic carbocycles. The molecule has 0 saturated heterocycles. The van der Waals surface area contributed by atoms with Gasteiger partial charge in [0.05, 0.1) is 0 Å². The van der Waals surface area contributed by atoms with Crippen molar-refractivity contribution in [2.45, 2.75) is 69.6 Å². The molecule has 2 aliphatic heterocycles. The molecule has 0 fully saturated rings. The summed E-state index contributed by atoms with van der Waals surface area (Å²) in [5.41, 5.74) is 3.98. The Morgan fingerprint density at radius 2 is 1.21 bits per heavy atom. The maximum absolute atomic E-state index is 14.3. The number of carboxylic acids is 1. The van der Waals surface area contributed by atoms with Crippen molar-refractivity contribution >= 4 is 35.5 Å². The standard InChI is InChI=1S/C43H47N5O8/c1-28(49)44-23-9-8-14-35-40(51)46-37(25-30-15-19-33(20-16-30)32-12-6-3-7-13-32)41(52)47-36(24-29-10-4-2-5-11-29)42(53)48-38(43(54)55)26-31-17-21-34(22-18-31)56-27-39(50)45-35/h2-7,10-13,15-22,35-38H,8-9,14,23-27H2,1H3,(H,44,49)(H,45,50)(H,46,51)(H,47,52)(H,48,53)(H,54,55). The Morgan fingerprint density at radius 1 is 0.661 bits per heavy atom. The van der Waals surface area contributed by atoms with E-state index in [-0.39, 0.29) is 31.6 Å². The Morgan fingerprint density at radius 3 is 1.82 bits per heavy atom. The van der Waals surface area contributed by atoms with Gasteiger partial charge in [-0.15, -0.1) is 0 Å². The number of fused-ring (bicyclic) bond motifs is 16. The second-order valence-corrected chi connectivity index (χ2v) is 13.7. The number of unbranched alkanes of at least 4 members (excludes halogenated alkanes) is 1. The summed E-state index contributed by atoms with van der Waals surface area (Å²) in [6.45, 7) is 1.38. The number of hydrogen-bond donors (Lipinski definition) is 6. The summed E-state index contributed by atoms with van der Waals surface area (Å²) in [5.74, 6) is -3.71. The van der Waals surface area contributed by atoms with Crippen LogP contribution in [-0.4, -0.2) is 77.9 Å². The van der Waals surface area contributed by atoms with Crippen LogP contribution in [0.25, 0.3) is 11.1 Å². The third-order valence-corrected chi connectivity index (χ3v) is 9.34. The fourth-order valence-electron chi connectivity index (χ4n) is 6.33. The number of benzene rings is 4. The number of nitrogens with one attached hydrogen (secondary N) is 5. The van der Waals surface area contributed by atoms with Crippen molar-refractivity contribution < 1.29 is 38.6 Å². The lowest BCUT2D eigenvalue weighted by Gasteiger charge is -2.26. The Balaban J connectivity index is 1.47. The molecule has 4 unspecified atom stereocenters. The first-order valence-corrected chi connectivity index (χ1v) is 18.6. The fraction of sp³-hybridized carbons (Fsp3) is 0.302. The highest BCUT2D eigenvalue weighted by molar-refractivity contribution is 5.95. The number of amides is 5. The molecular formula is C43H47N5O8. The van der Waals surface area contributed by atoms with E-state index < -0.39 is 60.4 Å². The highest BCUT2D eigenvalue weighted by atomic mass is 16.5. The topological polar surface area (TPSA) is 192 Å². The number of ether oxygens (including phenoxy) is 1. The van der Waals surface area contributed by atoms with Crippen LogP contribution in [0, 0.1) is 0 Å². The highest BCUT2D eigenvalue weighted by Crippen LogP contribution is 2.20. The first kappa shape index (κ1) is 40.7. The lowest BCUT2D eigenvalue weighted by atomic mass is 9.99. The first-order valence-electron chi connectivity index (χ1n) is 18.6. The SMILES string of the molecule is CC(=O)NCCCCC1NC(=O)COc2ccc(cc2)CC(C(=O)O)NC(=O)C(Cc2ccccc2)NC(=O)C(Cc2ccc(-c3ccccc3)cc2)NC1=O. The van der Waals surface area contributed by atoms with Crippen molar-refractivity contribution in [2.24, 2.45) is 0 Å². The number of carbonyl (C=O) groups excluding carboxylic acids is 5. The molecule has 0 radical (unpaired) electrons. The first-order chi connectivity index (χ1) is 27.0. The quantitative estimate of drug-likeness (QED) is 0.0993. The molecule has 6 N–H and O–H groups in total. The van der Waals surface area contributed by atoms with Crippen LogP contribution in [0.4, 0.5) is 0 Å². The predicted octanol–water partition coefficient (Wildman–Crippen LogP) is 3.10. The second kappa shape index (κ2) is 20.3. The van der Waals surface area contributed by atoms with E-state index >= 15 is 0 Å². The van der Waals surface area contributed by atoms with Crippen molar-refractivity contribution in [2.75, 3.05) is 13.2 Å². The van der Waals surface area contributed by atoms with Gasteiger partial charge in [0.15, 0.2) is 6.61 Å². The summed E-state index contributed by atoms with van der Waals surface area (Å²) in [6, 6.07) is 27.9. The van der Waals surface area contributed by atoms with Crippen molar-refractivity contribution in [1.29, 1.82) is 0 Å². The minimum atomic E-state index is -1.33. The van der Waals surface area contributed by atoms with Crippen LogP contribution in [0.3, 0.4) is 0 Å². The largest absolute Gasteiger partial charge is 0.484 e. The zero-order valence-corrected chi connectivity index (χ0v) is 31.2. The van der Waals surface area contributed by atoms with E-state index in [1.807, 2.05) is 60.7 Å². The molecule has 13 heteroatoms. The highest BCUT2D eigenvalue weighted by Gasteiger charge is 2.32. The average Bonchev–Trinajstić information content (AvgIpc) is 3.19. The Labute approximate surface area is 325 Å². The van der Waals surface area contributed by atoms with E-state index in [1.54, 1.807) is 48.5 Å². The van der Waals surface area contributed by atoms with Crippen molar-refractivity contribution in [3.63, 3.8) is 0 Å². The second-order valence-electron chi connectivity index (χ2n) is 13.7. The van der Waals surface area contributed by atoms with E-state index in [2.05, 4.69) is 26.6 Å². The number of aliphatic carboxylic acids is 1. The summed E-state index contributed by atoms with van der Waals surface area (Å²) in [4.78, 5) is 79.2. The Kier molecular flexibility index (Phi) is 14.7. The number of hydrogen-bond acceptors (Lipinski definition) is 7. The normalized spacial score (nSPS) is 19.4. The van der Waals surface area contributed by atoms with E-state index in [9.17, 15) is 33.9 Å². The minimum absolute atomic E-state index is 0.0321. The smallest absolute Gasteiger partial charge is 0.326 e. The zero-order chi connectivity index (χ0) is 39.9. The zero-order valence-electron chi connectivity index (χ0n) is 31.2. The van der Waals surface area contributed by atoms with Crippen molar-refractivity contribution in [1.82, 2.24) is 26.6 Å². The van der Waals surface area contributed by atoms with Crippen LogP contribution < -0.4 is 31.3 Å². The predicted molar refractivity (Wildman–Crippen MR) is 209 cm³/mol. The Bertz CT molecular complexity index is 1960. The average molecular weight is 762 g/mol. The molecule has 6 rings (SSSR count). The van der Waals surface area contributed by atoms with Gasteiger partial charge in [0.25, 0.3) is 5.91 Å². The monoisotopic (exact) mass is 761 g/mol. The van der Waals surface area contributed by atoms with Crippen LogP contribution in [-0.2, 0) is 48.0 Å². The molecule has 2 bridgehead atoms. The lowest BCUT2D eigenvalue weighted by molar-refractivity contribution is -0.142. The van der Waals surface area contributed by atoms with Crippen LogP contribution in [0.1, 0.15) is 42.9 Å². The molecule has 13 nitrogen and oxygen atoms in total. The summed E-state index contributed by atoms with van der Waals surface area (Å²) in [6.07, 6.45) is 1.20. The summed E-state index contributed by atoms with van der Waals surface area (Å²) in [7, 11) is 0. The minimum Gasteiger partial charge on any atom is -0.484 e. The van der Waals surface area contributed by atoms with Gasteiger partial charge in [-0.1, -0.05) is 97.1 Å². The Hall–Kier alpha value is -6.50. The summed E-state index contributed by atoms with van der Waals surface area (Å²) < 4.78 is 5.67. The van der Waals surface area contributed by atoms with E-state index in [4.69, 9.17) is 4.74 Å². The lowest BCUT2D eigenvalue weighted by Crippen LogP contribution is -2.59. The van der Waals surface area contributed by atoms with Crippen LogP contribution in [0.15, 0.2) is 109 Å². The maximum Gasteiger partial charge on any atom is 0.326 e. The molecule has 4 aromatic rings. The van der Waals surface area contributed by atoms with Gasteiger partial charge < -0.3 is 36.4 Å². The van der Waals surface area contributed by atoms with Gasteiger partial charge in [0.1, 0.15) is 29.9 Å². The molecule has 0 aromatic heterocycles. The van der Waals surface area contributed by atoms with Gasteiger partial charge in [-0.2, -0.15) is 0 Å². The van der Waals surface area contributed by atoms with E-state index in [0.29, 0.717) is 41.8 Å². The molecule has 56 heavy (non-hydrogen) atoms. The molecule has 4 atom stereocenters. The van der Waals surface area contributed by atoms with Gasteiger partial charge in [0.2, 0.25) is 23.6 Å². The van der Waals surface area contributed by atoms with Crippen LogP contribution in [0.2, 0.25) is 0 Å². The molecule has 0 spiro atoms. The summed E-state index contributed by atoms with van der Waals surface area (Å²) in [5, 5.41) is 23.8. The molecule has 0 aliphatic carbocycles. The fourth-order valence-corrected chi connectivity index (χ4v) is 6.33. The van der Waals surface area contributed by atoms with Gasteiger partial charge >= 0.3 is 5.97 Å². The molecular weight excluding hydrogens is 714 g/mol. The molecule has 2 aliphatic rings.